The topological polar surface area (TPSA) is 83.1 Å². The van der Waals surface area contributed by atoms with E-state index in [0.29, 0.717) is 22.9 Å². The number of nitrogens with one attached hydrogen (secondary N) is 1. The largest absolute Gasteiger partial charge is 0.493 e. The zero-order chi connectivity index (χ0) is 20.7. The van der Waals surface area contributed by atoms with E-state index in [-0.39, 0.29) is 6.61 Å². The van der Waals surface area contributed by atoms with E-state index < -0.39 is 18.5 Å². The SMILES string of the molecule is COc1ccc(NC(=O)COC(=O)COc2c(C)cc(C)cc2C)cc1OC. The smallest absolute Gasteiger partial charge is 0.344 e. The second-order valence-corrected chi connectivity index (χ2v) is 6.30. The van der Waals surface area contributed by atoms with Crippen LogP contribution in [0.3, 0.4) is 0 Å². The molecule has 0 bridgehead atoms. The summed E-state index contributed by atoms with van der Waals surface area (Å²) in [5.41, 5.74) is 3.51. The quantitative estimate of drug-likeness (QED) is 0.701. The van der Waals surface area contributed by atoms with Crippen LogP contribution in [0, 0.1) is 20.8 Å². The Kier molecular flexibility index (Phi) is 7.26. The van der Waals surface area contributed by atoms with Crippen LogP contribution in [0.5, 0.6) is 17.2 Å². The van der Waals surface area contributed by atoms with Crippen molar-refractivity contribution in [2.45, 2.75) is 20.8 Å². The van der Waals surface area contributed by atoms with E-state index in [0.717, 1.165) is 16.7 Å². The first-order valence-electron chi connectivity index (χ1n) is 8.72. The normalized spacial score (nSPS) is 10.2. The van der Waals surface area contributed by atoms with Crippen molar-refractivity contribution < 1.29 is 28.5 Å². The van der Waals surface area contributed by atoms with Gasteiger partial charge in [-0.3, -0.25) is 4.79 Å². The molecule has 0 saturated carbocycles. The molecule has 0 unspecified atom stereocenters. The fraction of sp³-hybridized carbons (Fsp3) is 0.333. The number of methoxy groups -OCH3 is 2. The molecule has 0 fully saturated rings. The van der Waals surface area contributed by atoms with Crippen LogP contribution in [0.25, 0.3) is 0 Å². The van der Waals surface area contributed by atoms with E-state index in [1.807, 2.05) is 32.9 Å². The van der Waals surface area contributed by atoms with Crippen molar-refractivity contribution in [2.24, 2.45) is 0 Å². The highest BCUT2D eigenvalue weighted by molar-refractivity contribution is 5.93. The monoisotopic (exact) mass is 387 g/mol. The number of ether oxygens (including phenoxy) is 4. The van der Waals surface area contributed by atoms with Crippen molar-refractivity contribution in [1.82, 2.24) is 0 Å². The van der Waals surface area contributed by atoms with Gasteiger partial charge in [0.25, 0.3) is 5.91 Å². The highest BCUT2D eigenvalue weighted by Crippen LogP contribution is 2.29. The average Bonchev–Trinajstić information content (AvgIpc) is 2.65. The van der Waals surface area contributed by atoms with Gasteiger partial charge in [-0.25, -0.2) is 4.79 Å². The Balaban J connectivity index is 1.83. The summed E-state index contributed by atoms with van der Waals surface area (Å²) in [6.45, 7) is 5.14. The Labute approximate surface area is 164 Å². The molecule has 2 rings (SSSR count). The first-order valence-corrected chi connectivity index (χ1v) is 8.72. The molecule has 7 heteroatoms. The molecule has 2 aromatic rings. The molecule has 0 aromatic heterocycles. The van der Waals surface area contributed by atoms with Crippen molar-refractivity contribution in [3.05, 3.63) is 47.0 Å². The van der Waals surface area contributed by atoms with Gasteiger partial charge in [0, 0.05) is 11.8 Å². The van der Waals surface area contributed by atoms with E-state index in [9.17, 15) is 9.59 Å². The maximum Gasteiger partial charge on any atom is 0.344 e. The number of rotatable bonds is 8. The minimum atomic E-state index is -0.623. The summed E-state index contributed by atoms with van der Waals surface area (Å²) >= 11 is 0. The fourth-order valence-electron chi connectivity index (χ4n) is 2.82. The van der Waals surface area contributed by atoms with Gasteiger partial charge in [0.15, 0.2) is 24.7 Å². The number of amides is 1. The summed E-state index contributed by atoms with van der Waals surface area (Å²) in [5.74, 6) is 0.586. The molecule has 0 aliphatic carbocycles. The second-order valence-electron chi connectivity index (χ2n) is 6.30. The van der Waals surface area contributed by atoms with Crippen LogP contribution in [0.1, 0.15) is 16.7 Å². The van der Waals surface area contributed by atoms with Crippen LogP contribution in [-0.4, -0.2) is 39.3 Å². The van der Waals surface area contributed by atoms with Gasteiger partial charge >= 0.3 is 5.97 Å². The molecule has 0 aliphatic heterocycles. The molecule has 0 radical (unpaired) electrons. The lowest BCUT2D eigenvalue weighted by Gasteiger charge is -2.13. The van der Waals surface area contributed by atoms with Crippen molar-refractivity contribution in [2.75, 3.05) is 32.8 Å². The van der Waals surface area contributed by atoms with Crippen molar-refractivity contribution in [3.8, 4) is 17.2 Å². The summed E-state index contributed by atoms with van der Waals surface area (Å²) in [7, 11) is 3.03. The van der Waals surface area contributed by atoms with Gasteiger partial charge in [-0.15, -0.1) is 0 Å². The lowest BCUT2D eigenvalue weighted by molar-refractivity contribution is -0.149. The van der Waals surface area contributed by atoms with Crippen molar-refractivity contribution >= 4 is 17.6 Å². The summed E-state index contributed by atoms with van der Waals surface area (Å²) in [6, 6.07) is 8.90. The number of carbonyl (C=O) groups is 2. The lowest BCUT2D eigenvalue weighted by Crippen LogP contribution is -2.23. The van der Waals surface area contributed by atoms with Crippen LogP contribution < -0.4 is 19.5 Å². The molecule has 0 saturated heterocycles. The van der Waals surface area contributed by atoms with E-state index in [4.69, 9.17) is 18.9 Å². The summed E-state index contributed by atoms with van der Waals surface area (Å²) in [6.07, 6.45) is 0. The van der Waals surface area contributed by atoms with Crippen LogP contribution >= 0.6 is 0 Å². The molecular formula is C21H25NO6. The van der Waals surface area contributed by atoms with Crippen LogP contribution in [0.4, 0.5) is 5.69 Å². The van der Waals surface area contributed by atoms with Crippen LogP contribution in [0.15, 0.2) is 30.3 Å². The first kappa shape index (κ1) is 21.1. The summed E-state index contributed by atoms with van der Waals surface area (Å²) in [4.78, 5) is 23.9. The van der Waals surface area contributed by atoms with Gasteiger partial charge < -0.3 is 24.3 Å². The molecule has 1 amide bonds. The third-order valence-electron chi connectivity index (χ3n) is 3.97. The molecule has 0 spiro atoms. The maximum atomic E-state index is 12.0. The number of esters is 1. The third kappa shape index (κ3) is 5.64. The Morgan fingerprint density at radius 1 is 0.893 bits per heavy atom. The number of carbonyl (C=O) groups excluding carboxylic acids is 2. The summed E-state index contributed by atoms with van der Waals surface area (Å²) < 4.78 is 20.8. The number of hydrogen-bond acceptors (Lipinski definition) is 6. The Morgan fingerprint density at radius 3 is 2.14 bits per heavy atom. The fourth-order valence-corrected chi connectivity index (χ4v) is 2.82. The van der Waals surface area contributed by atoms with Gasteiger partial charge in [-0.1, -0.05) is 17.7 Å². The molecule has 2 aromatic carbocycles. The molecule has 0 heterocycles. The third-order valence-corrected chi connectivity index (χ3v) is 3.97. The van der Waals surface area contributed by atoms with E-state index >= 15 is 0 Å². The Hall–Kier alpha value is -3.22. The zero-order valence-electron chi connectivity index (χ0n) is 16.8. The highest BCUT2D eigenvalue weighted by atomic mass is 16.6. The number of anilines is 1. The Bertz CT molecular complexity index is 839. The molecule has 0 atom stereocenters. The maximum absolute atomic E-state index is 12.0. The highest BCUT2D eigenvalue weighted by Gasteiger charge is 2.12. The van der Waals surface area contributed by atoms with E-state index in [1.54, 1.807) is 18.2 Å². The van der Waals surface area contributed by atoms with Gasteiger partial charge in [0.05, 0.1) is 14.2 Å². The van der Waals surface area contributed by atoms with Crippen LogP contribution in [-0.2, 0) is 14.3 Å². The lowest BCUT2D eigenvalue weighted by atomic mass is 10.1. The average molecular weight is 387 g/mol. The van der Waals surface area contributed by atoms with Gasteiger partial charge in [0.1, 0.15) is 5.75 Å². The number of benzene rings is 2. The molecular weight excluding hydrogens is 362 g/mol. The van der Waals surface area contributed by atoms with Gasteiger partial charge in [-0.05, 0) is 44.0 Å². The molecule has 0 aliphatic rings. The predicted molar refractivity (Wildman–Crippen MR) is 105 cm³/mol. The molecule has 1 N–H and O–H groups in total. The molecule has 150 valence electrons. The molecule has 28 heavy (non-hydrogen) atoms. The minimum absolute atomic E-state index is 0.269. The first-order chi connectivity index (χ1) is 13.3. The second kappa shape index (κ2) is 9.64. The van der Waals surface area contributed by atoms with E-state index in [2.05, 4.69) is 5.32 Å². The van der Waals surface area contributed by atoms with Gasteiger partial charge in [-0.2, -0.15) is 0 Å². The minimum Gasteiger partial charge on any atom is -0.493 e. The Morgan fingerprint density at radius 2 is 1.54 bits per heavy atom. The number of hydrogen-bond donors (Lipinski definition) is 1. The van der Waals surface area contributed by atoms with Crippen molar-refractivity contribution in [3.63, 3.8) is 0 Å². The number of aryl methyl sites for hydroxylation is 3. The zero-order valence-corrected chi connectivity index (χ0v) is 16.8. The van der Waals surface area contributed by atoms with Crippen LogP contribution in [0.2, 0.25) is 0 Å². The van der Waals surface area contributed by atoms with Gasteiger partial charge in [0.2, 0.25) is 0 Å². The predicted octanol–water partition coefficient (Wildman–Crippen LogP) is 3.19. The summed E-state index contributed by atoms with van der Waals surface area (Å²) in [5, 5.41) is 2.63. The van der Waals surface area contributed by atoms with E-state index in [1.165, 1.54) is 14.2 Å². The standard InChI is InChI=1S/C21H25NO6/c1-13-8-14(2)21(15(3)9-13)28-12-20(24)27-11-19(23)22-16-6-7-17(25-4)18(10-16)26-5/h6-10H,11-12H2,1-5H3,(H,22,23). The molecule has 7 nitrogen and oxygen atoms in total. The van der Waals surface area contributed by atoms with Crippen molar-refractivity contribution in [1.29, 1.82) is 0 Å².